The zero-order valence-electron chi connectivity index (χ0n) is 8.72. The van der Waals surface area contributed by atoms with Gasteiger partial charge in [-0.2, -0.15) is 0 Å². The van der Waals surface area contributed by atoms with E-state index >= 15 is 0 Å². The average Bonchev–Trinajstić information content (AvgIpc) is 2.58. The lowest BCUT2D eigenvalue weighted by molar-refractivity contribution is -0.141. The van der Waals surface area contributed by atoms with E-state index in [1.165, 1.54) is 13.8 Å². The van der Waals surface area contributed by atoms with Crippen molar-refractivity contribution < 1.29 is 9.18 Å². The normalized spacial score (nSPS) is 32.1. The lowest BCUT2D eigenvalue weighted by Gasteiger charge is -2.23. The highest BCUT2D eigenvalue weighted by molar-refractivity contribution is 5.84. The predicted octanol–water partition coefficient (Wildman–Crippen LogP) is 0.555. The monoisotopic (exact) mass is 200 g/mol. The number of halogens is 1. The van der Waals surface area contributed by atoms with Gasteiger partial charge in [-0.25, -0.2) is 4.39 Å². The Morgan fingerprint density at radius 3 is 2.79 bits per heavy atom. The molecule has 0 aromatic heterocycles. The fourth-order valence-electron chi connectivity index (χ4n) is 2.39. The summed E-state index contributed by atoms with van der Waals surface area (Å²) in [6.45, 7) is 5.10. The highest BCUT2D eigenvalue weighted by Gasteiger charge is 2.42. The largest absolute Gasteiger partial charge is 0.338 e. The molecular formula is C10H17FN2O. The van der Waals surface area contributed by atoms with Crippen LogP contribution >= 0.6 is 0 Å². The Morgan fingerprint density at radius 1 is 1.50 bits per heavy atom. The van der Waals surface area contributed by atoms with Gasteiger partial charge in [-0.05, 0) is 32.7 Å². The molecule has 4 heteroatoms. The number of hydrogen-bond donors (Lipinski definition) is 1. The van der Waals surface area contributed by atoms with E-state index in [1.54, 1.807) is 4.90 Å². The van der Waals surface area contributed by atoms with Gasteiger partial charge in [0.15, 0.2) is 5.67 Å². The van der Waals surface area contributed by atoms with Crippen molar-refractivity contribution >= 4 is 5.91 Å². The molecule has 2 heterocycles. The van der Waals surface area contributed by atoms with Crippen molar-refractivity contribution in [2.24, 2.45) is 5.92 Å². The Bertz CT molecular complexity index is 237. The molecule has 2 aliphatic rings. The summed E-state index contributed by atoms with van der Waals surface area (Å²) in [5, 5.41) is 3.34. The van der Waals surface area contributed by atoms with Crippen LogP contribution in [0.2, 0.25) is 0 Å². The molecule has 2 fully saturated rings. The van der Waals surface area contributed by atoms with Gasteiger partial charge < -0.3 is 10.2 Å². The number of fused-ring (bicyclic) bond motifs is 1. The molecule has 0 unspecified atom stereocenters. The van der Waals surface area contributed by atoms with Crippen molar-refractivity contribution in [3.63, 3.8) is 0 Å². The van der Waals surface area contributed by atoms with E-state index in [0.717, 1.165) is 19.5 Å². The van der Waals surface area contributed by atoms with Gasteiger partial charge in [-0.1, -0.05) is 0 Å². The minimum absolute atomic E-state index is 0.367. The summed E-state index contributed by atoms with van der Waals surface area (Å²) < 4.78 is 13.4. The molecule has 0 radical (unpaired) electrons. The van der Waals surface area contributed by atoms with E-state index in [4.69, 9.17) is 0 Å². The molecule has 1 N–H and O–H groups in total. The Hall–Kier alpha value is -0.640. The topological polar surface area (TPSA) is 32.3 Å². The molecule has 0 aliphatic carbocycles. The zero-order valence-corrected chi connectivity index (χ0v) is 8.72. The maximum absolute atomic E-state index is 13.4. The van der Waals surface area contributed by atoms with E-state index in [1.807, 2.05) is 0 Å². The molecular weight excluding hydrogens is 183 g/mol. The van der Waals surface area contributed by atoms with Crippen LogP contribution in [0, 0.1) is 5.92 Å². The summed E-state index contributed by atoms with van der Waals surface area (Å²) in [6, 6.07) is 0.404. The van der Waals surface area contributed by atoms with Crippen LogP contribution in [0.15, 0.2) is 0 Å². The van der Waals surface area contributed by atoms with Gasteiger partial charge in [-0.15, -0.1) is 0 Å². The van der Waals surface area contributed by atoms with E-state index in [9.17, 15) is 9.18 Å². The first-order valence-electron chi connectivity index (χ1n) is 5.20. The maximum atomic E-state index is 13.4. The van der Waals surface area contributed by atoms with Crippen molar-refractivity contribution in [1.29, 1.82) is 0 Å². The molecule has 2 rings (SSSR count). The molecule has 2 saturated heterocycles. The van der Waals surface area contributed by atoms with Crippen LogP contribution in [-0.4, -0.2) is 42.2 Å². The van der Waals surface area contributed by atoms with Gasteiger partial charge in [0.05, 0.1) is 0 Å². The number of nitrogens with zero attached hydrogens (tertiary/aromatic N) is 1. The van der Waals surface area contributed by atoms with Gasteiger partial charge in [0.1, 0.15) is 0 Å². The van der Waals surface area contributed by atoms with Crippen LogP contribution in [0.3, 0.4) is 0 Å². The minimum atomic E-state index is -1.72. The molecule has 0 spiro atoms. The van der Waals surface area contributed by atoms with Gasteiger partial charge in [0, 0.05) is 19.1 Å². The van der Waals surface area contributed by atoms with Crippen molar-refractivity contribution in [1.82, 2.24) is 10.2 Å². The molecule has 2 atom stereocenters. The molecule has 0 saturated carbocycles. The van der Waals surface area contributed by atoms with Gasteiger partial charge in [0.25, 0.3) is 5.91 Å². The Kier molecular flexibility index (Phi) is 2.26. The third-order valence-corrected chi connectivity index (χ3v) is 3.16. The highest BCUT2D eigenvalue weighted by atomic mass is 19.1. The van der Waals surface area contributed by atoms with Crippen LogP contribution in [0.1, 0.15) is 20.3 Å². The highest BCUT2D eigenvalue weighted by Crippen LogP contribution is 2.27. The van der Waals surface area contributed by atoms with Gasteiger partial charge in [-0.3, -0.25) is 4.79 Å². The molecule has 14 heavy (non-hydrogen) atoms. The van der Waals surface area contributed by atoms with Crippen molar-refractivity contribution in [2.75, 3.05) is 19.6 Å². The molecule has 2 aliphatic heterocycles. The van der Waals surface area contributed by atoms with Crippen molar-refractivity contribution in [3.8, 4) is 0 Å². The van der Waals surface area contributed by atoms with Crippen molar-refractivity contribution in [3.05, 3.63) is 0 Å². The van der Waals surface area contributed by atoms with E-state index < -0.39 is 5.67 Å². The summed E-state index contributed by atoms with van der Waals surface area (Å²) in [5.74, 6) is 0.176. The summed E-state index contributed by atoms with van der Waals surface area (Å²) >= 11 is 0. The number of carbonyl (C=O) groups is 1. The first-order valence-corrected chi connectivity index (χ1v) is 5.20. The number of hydrogen-bond acceptors (Lipinski definition) is 2. The SMILES string of the molecule is CC(C)(F)C(=O)N1C[C@@H]2CCN[C@@H]2C1. The average molecular weight is 200 g/mol. The Balaban J connectivity index is 1.99. The molecule has 1 amide bonds. The van der Waals surface area contributed by atoms with Crippen LogP contribution in [0.4, 0.5) is 4.39 Å². The predicted molar refractivity (Wildman–Crippen MR) is 51.7 cm³/mol. The number of amides is 1. The summed E-state index contributed by atoms with van der Waals surface area (Å²) in [6.07, 6.45) is 1.11. The zero-order chi connectivity index (χ0) is 10.3. The third kappa shape index (κ3) is 1.63. The molecule has 0 aromatic carbocycles. The number of alkyl halides is 1. The first-order chi connectivity index (χ1) is 6.48. The molecule has 3 nitrogen and oxygen atoms in total. The Morgan fingerprint density at radius 2 is 2.21 bits per heavy atom. The van der Waals surface area contributed by atoms with Gasteiger partial charge in [0.2, 0.25) is 0 Å². The van der Waals surface area contributed by atoms with Crippen LogP contribution < -0.4 is 5.32 Å². The number of carbonyl (C=O) groups excluding carboxylic acids is 1. The van der Waals surface area contributed by atoms with Crippen LogP contribution in [0.25, 0.3) is 0 Å². The van der Waals surface area contributed by atoms with Crippen molar-refractivity contribution in [2.45, 2.75) is 32.0 Å². The summed E-state index contributed by atoms with van der Waals surface area (Å²) in [4.78, 5) is 13.3. The van der Waals surface area contributed by atoms with Crippen LogP contribution in [0.5, 0.6) is 0 Å². The molecule has 0 aromatic rings. The fraction of sp³-hybridized carbons (Fsp3) is 0.900. The summed E-state index contributed by atoms with van der Waals surface area (Å²) in [7, 11) is 0. The quantitative estimate of drug-likeness (QED) is 0.670. The second-order valence-corrected chi connectivity index (χ2v) is 4.79. The molecule has 0 bridgehead atoms. The number of nitrogens with one attached hydrogen (secondary N) is 1. The lowest BCUT2D eigenvalue weighted by Crippen LogP contribution is -2.43. The second-order valence-electron chi connectivity index (χ2n) is 4.79. The third-order valence-electron chi connectivity index (χ3n) is 3.16. The lowest BCUT2D eigenvalue weighted by atomic mass is 10.1. The Labute approximate surface area is 83.6 Å². The maximum Gasteiger partial charge on any atom is 0.259 e. The van der Waals surface area contributed by atoms with E-state index in [2.05, 4.69) is 5.32 Å². The fourth-order valence-corrected chi connectivity index (χ4v) is 2.39. The van der Waals surface area contributed by atoms with Gasteiger partial charge >= 0.3 is 0 Å². The summed E-state index contributed by atoms with van der Waals surface area (Å²) in [5.41, 5.74) is -1.72. The first kappa shape index (κ1) is 9.90. The number of likely N-dealkylation sites (tertiary alicyclic amines) is 1. The van der Waals surface area contributed by atoms with Crippen LogP contribution in [-0.2, 0) is 4.79 Å². The molecule has 80 valence electrons. The standard InChI is InChI=1S/C10H17FN2O/c1-10(2,11)9(14)13-5-7-3-4-12-8(7)6-13/h7-8,12H,3-6H2,1-2H3/t7-,8+/m0/s1. The van der Waals surface area contributed by atoms with E-state index in [-0.39, 0.29) is 5.91 Å². The smallest absolute Gasteiger partial charge is 0.259 e. The number of rotatable bonds is 1. The van der Waals surface area contributed by atoms with E-state index in [0.29, 0.717) is 18.5 Å². The second kappa shape index (κ2) is 3.19. The minimum Gasteiger partial charge on any atom is -0.338 e.